The molecule has 0 N–H and O–H groups in total. The minimum atomic E-state index is -0.512. The van der Waals surface area contributed by atoms with Gasteiger partial charge in [0.05, 0.1) is 6.07 Å². The van der Waals surface area contributed by atoms with Crippen LogP contribution >= 0.6 is 11.8 Å². The summed E-state index contributed by atoms with van der Waals surface area (Å²) >= 11 is 1.42. The van der Waals surface area contributed by atoms with Crippen LogP contribution in [0.1, 0.15) is 67.2 Å². The van der Waals surface area contributed by atoms with Crippen LogP contribution in [0.2, 0.25) is 0 Å². The molecule has 1 aromatic heterocycles. The van der Waals surface area contributed by atoms with Gasteiger partial charge in [0.2, 0.25) is 11.8 Å². The van der Waals surface area contributed by atoms with Crippen molar-refractivity contribution in [1.29, 1.82) is 0 Å². The predicted molar refractivity (Wildman–Crippen MR) is 137 cm³/mol. The quantitative estimate of drug-likeness (QED) is 0.398. The monoisotopic (exact) mass is 524 g/mol. The zero-order chi connectivity index (χ0) is 26.5. The van der Waals surface area contributed by atoms with Crippen LogP contribution < -0.4 is 9.47 Å². The van der Waals surface area contributed by atoms with Crippen molar-refractivity contribution >= 4 is 23.9 Å². The van der Waals surface area contributed by atoms with E-state index in [-0.39, 0.29) is 24.4 Å². The Morgan fingerprint density at radius 3 is 1.44 bits per heavy atom. The lowest BCUT2D eigenvalue weighted by Gasteiger charge is -2.33. The molecule has 2 amide bonds. The highest BCUT2D eigenvalue weighted by atomic mass is 32.2. The summed E-state index contributed by atoms with van der Waals surface area (Å²) < 4.78 is 23.3. The number of rotatable bonds is 5. The van der Waals surface area contributed by atoms with Gasteiger partial charge in [0.1, 0.15) is 23.4 Å². The Kier molecular flexibility index (Phi) is 9.18. The lowest BCUT2D eigenvalue weighted by molar-refractivity contribution is 0.0118. The molecule has 3 heterocycles. The summed E-state index contributed by atoms with van der Waals surface area (Å²) in [6.45, 7) is 13.5. The highest BCUT2D eigenvalue weighted by Crippen LogP contribution is 2.26. The number of carbonyl (C=O) groups excluding carboxylic acids is 2. The van der Waals surface area contributed by atoms with Gasteiger partial charge in [-0.05, 0) is 47.8 Å². The average Bonchev–Trinajstić information content (AvgIpc) is 2.77. The van der Waals surface area contributed by atoms with Crippen LogP contribution in [0.15, 0.2) is 11.2 Å². The summed E-state index contributed by atoms with van der Waals surface area (Å²) in [6, 6.07) is 1.72. The first-order valence-corrected chi connectivity index (χ1v) is 13.8. The molecule has 1 aromatic rings. The van der Waals surface area contributed by atoms with Crippen molar-refractivity contribution in [1.82, 2.24) is 19.8 Å². The Labute approximate surface area is 218 Å². The molecule has 2 aliphatic heterocycles. The van der Waals surface area contributed by atoms with E-state index in [0.717, 1.165) is 0 Å². The molecular formula is C25H40N4O6S. The second-order valence-electron chi connectivity index (χ2n) is 11.1. The molecule has 0 aromatic carbocycles. The van der Waals surface area contributed by atoms with E-state index in [9.17, 15) is 9.59 Å². The summed E-state index contributed by atoms with van der Waals surface area (Å²) in [6.07, 6.45) is 3.98. The van der Waals surface area contributed by atoms with E-state index in [1.54, 1.807) is 15.9 Å². The molecule has 0 bridgehead atoms. The van der Waals surface area contributed by atoms with Crippen LogP contribution in [0.25, 0.3) is 0 Å². The molecular weight excluding hydrogens is 484 g/mol. The number of ether oxygens (including phenoxy) is 4. The zero-order valence-corrected chi connectivity index (χ0v) is 23.4. The minimum absolute atomic E-state index is 0.0572. The van der Waals surface area contributed by atoms with E-state index in [1.807, 2.05) is 47.8 Å². The summed E-state index contributed by atoms with van der Waals surface area (Å²) in [5, 5.41) is 0.569. The Hall–Kier alpha value is -2.43. The highest BCUT2D eigenvalue weighted by Gasteiger charge is 2.30. The van der Waals surface area contributed by atoms with Crippen LogP contribution in [-0.2, 0) is 9.47 Å². The van der Waals surface area contributed by atoms with Crippen molar-refractivity contribution < 1.29 is 28.5 Å². The molecule has 0 atom stereocenters. The summed E-state index contributed by atoms with van der Waals surface area (Å²) in [5.74, 6) is 0.928. The number of carbonyl (C=O) groups is 2. The Bertz CT molecular complexity index is 833. The number of hydrogen-bond donors (Lipinski definition) is 0. The third-order valence-corrected chi connectivity index (χ3v) is 6.15. The molecule has 0 saturated carbocycles. The van der Waals surface area contributed by atoms with Crippen LogP contribution in [-0.4, -0.2) is 87.8 Å². The standard InChI is InChI=1S/C25H40N4O6S/c1-24(2,3)34-22(30)28-12-8-17(9-13-28)32-19-16-20(27-21(26-19)36-7)33-18-10-14-29(15-11-18)23(31)35-25(4,5)6/h16-18H,8-15H2,1-7H3. The van der Waals surface area contributed by atoms with E-state index in [1.165, 1.54) is 11.8 Å². The van der Waals surface area contributed by atoms with Crippen LogP contribution in [0.3, 0.4) is 0 Å². The molecule has 10 nitrogen and oxygen atoms in total. The zero-order valence-electron chi connectivity index (χ0n) is 22.5. The number of piperidine rings is 2. The molecule has 3 rings (SSSR count). The average molecular weight is 525 g/mol. The lowest BCUT2D eigenvalue weighted by atomic mass is 10.1. The van der Waals surface area contributed by atoms with Gasteiger partial charge < -0.3 is 28.7 Å². The van der Waals surface area contributed by atoms with Crippen molar-refractivity contribution in [3.8, 4) is 11.8 Å². The molecule has 2 fully saturated rings. The van der Waals surface area contributed by atoms with Crippen LogP contribution in [0, 0.1) is 0 Å². The second-order valence-corrected chi connectivity index (χ2v) is 11.9. The Morgan fingerprint density at radius 2 is 1.14 bits per heavy atom. The van der Waals surface area contributed by atoms with Gasteiger partial charge in [-0.1, -0.05) is 11.8 Å². The highest BCUT2D eigenvalue weighted by molar-refractivity contribution is 7.98. The van der Waals surface area contributed by atoms with Gasteiger partial charge in [0, 0.05) is 51.9 Å². The molecule has 0 spiro atoms. The van der Waals surface area contributed by atoms with Gasteiger partial charge in [-0.2, -0.15) is 9.97 Å². The smallest absolute Gasteiger partial charge is 0.410 e. The van der Waals surface area contributed by atoms with Crippen LogP contribution in [0.5, 0.6) is 11.8 Å². The summed E-state index contributed by atoms with van der Waals surface area (Å²) in [4.78, 5) is 37.0. The Morgan fingerprint density at radius 1 is 0.778 bits per heavy atom. The fourth-order valence-electron chi connectivity index (χ4n) is 3.90. The maximum atomic E-state index is 12.3. The first kappa shape index (κ1) is 28.1. The molecule has 0 radical (unpaired) electrons. The molecule has 202 valence electrons. The van der Waals surface area contributed by atoms with Crippen molar-refractivity contribution in [2.24, 2.45) is 0 Å². The molecule has 2 aliphatic rings. The van der Waals surface area contributed by atoms with E-state index < -0.39 is 11.2 Å². The van der Waals surface area contributed by atoms with Crippen molar-refractivity contribution in [2.75, 3.05) is 32.4 Å². The topological polar surface area (TPSA) is 103 Å². The number of likely N-dealkylation sites (tertiary alicyclic amines) is 2. The van der Waals surface area contributed by atoms with Crippen molar-refractivity contribution in [3.05, 3.63) is 6.07 Å². The fourth-order valence-corrected chi connectivity index (χ4v) is 4.27. The van der Waals surface area contributed by atoms with Gasteiger partial charge >= 0.3 is 12.2 Å². The first-order chi connectivity index (χ1) is 16.8. The maximum absolute atomic E-state index is 12.3. The molecule has 36 heavy (non-hydrogen) atoms. The second kappa shape index (κ2) is 11.7. The Balaban J connectivity index is 1.52. The van der Waals surface area contributed by atoms with E-state index in [2.05, 4.69) is 9.97 Å². The predicted octanol–water partition coefficient (Wildman–Crippen LogP) is 4.76. The third-order valence-electron chi connectivity index (χ3n) is 5.60. The summed E-state index contributed by atoms with van der Waals surface area (Å²) in [5.41, 5.74) is -1.02. The largest absolute Gasteiger partial charge is 0.474 e. The van der Waals surface area contributed by atoms with Gasteiger partial charge in [0.25, 0.3) is 0 Å². The fraction of sp³-hybridized carbons (Fsp3) is 0.760. The van der Waals surface area contributed by atoms with Gasteiger partial charge in [-0.15, -0.1) is 0 Å². The third kappa shape index (κ3) is 8.90. The number of thioether (sulfide) groups is 1. The molecule has 2 saturated heterocycles. The number of aromatic nitrogens is 2. The number of hydrogen-bond acceptors (Lipinski definition) is 9. The normalized spacial score (nSPS) is 18.1. The van der Waals surface area contributed by atoms with Crippen LogP contribution in [0.4, 0.5) is 9.59 Å². The molecule has 0 unspecified atom stereocenters. The first-order valence-electron chi connectivity index (χ1n) is 12.5. The number of nitrogens with zero attached hydrogens (tertiary/aromatic N) is 4. The van der Waals surface area contributed by atoms with Crippen molar-refractivity contribution in [2.45, 2.75) is 95.8 Å². The van der Waals surface area contributed by atoms with E-state index in [4.69, 9.17) is 18.9 Å². The minimum Gasteiger partial charge on any atom is -0.474 e. The number of amides is 2. The summed E-state index contributed by atoms with van der Waals surface area (Å²) in [7, 11) is 0. The lowest BCUT2D eigenvalue weighted by Crippen LogP contribution is -2.44. The SMILES string of the molecule is CSc1nc(OC2CCN(C(=O)OC(C)(C)C)CC2)cc(OC2CCN(C(=O)OC(C)(C)C)CC2)n1. The van der Waals surface area contributed by atoms with E-state index in [0.29, 0.717) is 68.8 Å². The maximum Gasteiger partial charge on any atom is 0.410 e. The van der Waals surface area contributed by atoms with Gasteiger partial charge in [0.15, 0.2) is 5.16 Å². The van der Waals surface area contributed by atoms with E-state index >= 15 is 0 Å². The van der Waals surface area contributed by atoms with Gasteiger partial charge in [-0.3, -0.25) is 0 Å². The molecule has 11 heteroatoms. The molecule has 0 aliphatic carbocycles. The van der Waals surface area contributed by atoms with Crippen molar-refractivity contribution in [3.63, 3.8) is 0 Å². The van der Waals surface area contributed by atoms with Gasteiger partial charge in [-0.25, -0.2) is 9.59 Å².